The molecule has 1 saturated heterocycles. The van der Waals surface area contributed by atoms with Gasteiger partial charge >= 0.3 is 19.1 Å². The lowest BCUT2D eigenvalue weighted by Crippen LogP contribution is -2.41. The van der Waals surface area contributed by atoms with Crippen LogP contribution in [-0.4, -0.2) is 75.5 Å². The van der Waals surface area contributed by atoms with Crippen LogP contribution in [0.3, 0.4) is 0 Å². The lowest BCUT2D eigenvalue weighted by atomic mass is 9.72. The fraction of sp³-hybridized carbons (Fsp3) is 0.561. The summed E-state index contributed by atoms with van der Waals surface area (Å²) in [6.45, 7) is 22.7. The number of carboxylic acids is 2. The highest BCUT2D eigenvalue weighted by atomic mass is 79.9. The van der Waals surface area contributed by atoms with Gasteiger partial charge in [-0.25, -0.2) is 4.98 Å². The first-order valence-electron chi connectivity index (χ1n) is 25.4. The molecule has 3 heterocycles. The molecule has 0 spiro atoms. The van der Waals surface area contributed by atoms with Gasteiger partial charge in [-0.3, -0.25) is 19.4 Å². The Morgan fingerprint density at radius 2 is 1.18 bits per heavy atom. The lowest BCUT2D eigenvalue weighted by Gasteiger charge is -2.37. The minimum atomic E-state index is -0.836. The highest BCUT2D eigenvalue weighted by Gasteiger charge is 2.51. The number of nitrogens with zero attached hydrogens (tertiary/aromatic N) is 2. The smallest absolute Gasteiger partial charge is 0.490 e. The van der Waals surface area contributed by atoms with Crippen molar-refractivity contribution in [2.45, 2.75) is 176 Å². The first-order valence-corrected chi connectivity index (χ1v) is 26.2. The van der Waals surface area contributed by atoms with E-state index in [9.17, 15) is 14.4 Å². The van der Waals surface area contributed by atoms with Crippen LogP contribution in [0, 0.1) is 22.7 Å². The lowest BCUT2D eigenvalue weighted by molar-refractivity contribution is -0.138. The van der Waals surface area contributed by atoms with Gasteiger partial charge in [-0.2, -0.15) is 0 Å². The van der Waals surface area contributed by atoms with Crippen LogP contribution in [0.1, 0.15) is 162 Å². The van der Waals surface area contributed by atoms with E-state index in [0.29, 0.717) is 39.6 Å². The van der Waals surface area contributed by atoms with Crippen LogP contribution in [0.2, 0.25) is 0 Å². The molecule has 2 aliphatic carbocycles. The van der Waals surface area contributed by atoms with Crippen LogP contribution in [0.25, 0.3) is 11.3 Å². The van der Waals surface area contributed by atoms with Crippen molar-refractivity contribution < 1.29 is 43.4 Å². The van der Waals surface area contributed by atoms with Gasteiger partial charge in [0, 0.05) is 36.5 Å². The number of nitrogens with two attached hydrogens (primary N) is 1. The maximum Gasteiger partial charge on any atom is 0.494 e. The Balaban J connectivity index is 0.000000240. The van der Waals surface area contributed by atoms with Gasteiger partial charge < -0.3 is 34.7 Å². The molecule has 4 N–H and O–H groups in total. The van der Waals surface area contributed by atoms with Gasteiger partial charge in [0.2, 0.25) is 0 Å². The molecule has 0 atom stereocenters. The molecule has 4 aromatic rings. The van der Waals surface area contributed by atoms with Crippen molar-refractivity contribution in [3.63, 3.8) is 0 Å². The quantitative estimate of drug-likeness (QED) is 0.0471. The number of carboxylic acid groups (broad SMARTS) is 2. The first kappa shape index (κ1) is 58.9. The number of hydrogen-bond donors (Lipinski definition) is 3. The van der Waals surface area contributed by atoms with Gasteiger partial charge in [0.1, 0.15) is 22.4 Å². The van der Waals surface area contributed by atoms with Crippen molar-refractivity contribution in [3.8, 4) is 22.8 Å². The molecule has 0 amide bonds. The van der Waals surface area contributed by atoms with Crippen molar-refractivity contribution in [3.05, 3.63) is 101 Å². The standard InChI is InChI=1S/C26H35NO3.C22H35BO3.C6H4BrNO.C3H7NO2/c1-26(2,3)21-10-14-23(15-11-21)30-22-12-8-20(9-13-22)24-18-19(16-17-27-24)6-4-5-7-25(28)29;1-20(2,3)16-8-12-18(13-9-16)24-19-14-10-17(11-15-19)23-25-21(4,5)22(6,7)26-23;7-6-3-5(4-9)1-2-8-6;4-2-1-3(5)6/h8-9,12-13,16-18,21,23H,4-7,10-11,14-15H2,1-3H3,(H,28,29);10-11,14-16,18H,8-9,12-13H2,1-7H3;1-4H;1-2,4H2,(H,5,6). The van der Waals surface area contributed by atoms with Crippen LogP contribution in [0.4, 0.5) is 0 Å². The summed E-state index contributed by atoms with van der Waals surface area (Å²) in [6.07, 6.45) is 17.2. The second-order valence-corrected chi connectivity index (χ2v) is 23.0. The number of hydrogen-bond acceptors (Lipinski definition) is 10. The van der Waals surface area contributed by atoms with E-state index < -0.39 is 11.9 Å². The minimum Gasteiger partial charge on any atom is -0.490 e. The number of unbranched alkanes of at least 4 members (excludes halogenated alkanes) is 1. The molecule has 3 fully saturated rings. The number of carbonyl (C=O) groups excluding carboxylic acids is 1. The maximum absolute atomic E-state index is 10.6. The Morgan fingerprint density at radius 3 is 1.59 bits per heavy atom. The number of halogens is 1. The predicted molar refractivity (Wildman–Crippen MR) is 287 cm³/mol. The van der Waals surface area contributed by atoms with E-state index in [0.717, 1.165) is 84.9 Å². The number of rotatable bonds is 14. The largest absolute Gasteiger partial charge is 0.494 e. The van der Waals surface area contributed by atoms with E-state index in [-0.39, 0.29) is 37.7 Å². The molecule has 14 heteroatoms. The molecule has 3 aliphatic rings. The van der Waals surface area contributed by atoms with Crippen LogP contribution < -0.4 is 20.7 Å². The predicted octanol–water partition coefficient (Wildman–Crippen LogP) is 12.6. The van der Waals surface area contributed by atoms with E-state index in [1.807, 2.05) is 24.4 Å². The second-order valence-electron chi connectivity index (χ2n) is 22.2. The SMILES string of the molecule is CC(C)(C)C1CCC(Oc2ccc(-c3cc(CCCCC(=O)O)ccn3)cc2)CC1.CC(C)(C)C1CCC(Oc2ccc(B3OC(C)(C)C(C)(C)O3)cc2)CC1.NCCC(=O)O.O=Cc1ccnc(Br)c1. The van der Waals surface area contributed by atoms with Crippen LogP contribution in [0.15, 0.2) is 89.8 Å². The van der Waals surface area contributed by atoms with E-state index in [4.69, 9.17) is 34.7 Å². The third kappa shape index (κ3) is 20.1. The van der Waals surface area contributed by atoms with Crippen LogP contribution in [0.5, 0.6) is 11.5 Å². The summed E-state index contributed by atoms with van der Waals surface area (Å²) in [5.74, 6) is 1.93. The Bertz CT molecular complexity index is 2230. The number of aliphatic carboxylic acids is 2. The molecule has 2 aromatic carbocycles. The third-order valence-corrected chi connectivity index (χ3v) is 14.6. The molecule has 7 rings (SSSR count). The molecular weight excluding hydrogens is 961 g/mol. The summed E-state index contributed by atoms with van der Waals surface area (Å²) in [4.78, 5) is 38.6. The Labute approximate surface area is 432 Å². The molecule has 12 nitrogen and oxygen atoms in total. The van der Waals surface area contributed by atoms with E-state index >= 15 is 0 Å². The molecular formula is C57H81BBrN3O9. The summed E-state index contributed by atoms with van der Waals surface area (Å²) in [5.41, 5.74) is 9.94. The van der Waals surface area contributed by atoms with E-state index in [2.05, 4.69) is 138 Å². The number of aldehydes is 1. The molecule has 2 saturated carbocycles. The van der Waals surface area contributed by atoms with Crippen molar-refractivity contribution in [2.24, 2.45) is 28.4 Å². The highest BCUT2D eigenvalue weighted by molar-refractivity contribution is 9.10. The average molecular weight is 1040 g/mol. The number of pyridine rings is 2. The molecule has 0 unspecified atom stereocenters. The molecule has 0 bridgehead atoms. The zero-order chi connectivity index (χ0) is 52.4. The number of benzene rings is 2. The van der Waals surface area contributed by atoms with Crippen molar-refractivity contribution in [2.75, 3.05) is 6.54 Å². The summed E-state index contributed by atoms with van der Waals surface area (Å²) in [6, 6.07) is 23.9. The summed E-state index contributed by atoms with van der Waals surface area (Å²) < 4.78 is 25.4. The molecule has 388 valence electrons. The van der Waals surface area contributed by atoms with Crippen molar-refractivity contribution in [1.29, 1.82) is 0 Å². The first-order chi connectivity index (χ1) is 33.4. The number of carbonyl (C=O) groups is 3. The van der Waals surface area contributed by atoms with Crippen molar-refractivity contribution >= 4 is 46.7 Å². The topological polar surface area (TPSA) is 180 Å². The van der Waals surface area contributed by atoms with Crippen LogP contribution >= 0.6 is 15.9 Å². The fourth-order valence-electron chi connectivity index (χ4n) is 8.87. The van der Waals surface area contributed by atoms with Crippen molar-refractivity contribution in [1.82, 2.24) is 9.97 Å². The highest BCUT2D eigenvalue weighted by Crippen LogP contribution is 2.41. The summed E-state index contributed by atoms with van der Waals surface area (Å²) in [5, 5.41) is 16.6. The van der Waals surface area contributed by atoms with Gasteiger partial charge in [-0.15, -0.1) is 0 Å². The van der Waals surface area contributed by atoms with Gasteiger partial charge in [-0.05, 0) is 209 Å². The van der Waals surface area contributed by atoms with Gasteiger partial charge in [-0.1, -0.05) is 53.7 Å². The zero-order valence-corrected chi connectivity index (χ0v) is 45.6. The van der Waals surface area contributed by atoms with Crippen LogP contribution in [-0.2, 0) is 25.3 Å². The van der Waals surface area contributed by atoms with E-state index in [1.165, 1.54) is 31.2 Å². The number of ether oxygens (including phenoxy) is 2. The van der Waals surface area contributed by atoms with Gasteiger partial charge in [0.15, 0.2) is 0 Å². The Kier molecular flexibility index (Phi) is 22.8. The zero-order valence-electron chi connectivity index (χ0n) is 44.0. The van der Waals surface area contributed by atoms with E-state index in [1.54, 1.807) is 18.3 Å². The second kappa shape index (κ2) is 27.4. The summed E-state index contributed by atoms with van der Waals surface area (Å²) >= 11 is 3.13. The molecule has 0 radical (unpaired) electrons. The molecule has 2 aromatic heterocycles. The van der Waals surface area contributed by atoms with Gasteiger partial charge in [0.25, 0.3) is 0 Å². The minimum absolute atomic E-state index is 0.0694. The molecule has 1 aliphatic heterocycles. The summed E-state index contributed by atoms with van der Waals surface area (Å²) in [7, 11) is -0.309. The number of aromatic nitrogens is 2. The average Bonchev–Trinajstić information content (AvgIpc) is 3.54. The monoisotopic (exact) mass is 1040 g/mol. The van der Waals surface area contributed by atoms with Gasteiger partial charge in [0.05, 0.1) is 35.5 Å². The fourth-order valence-corrected chi connectivity index (χ4v) is 9.26. The maximum atomic E-state index is 10.6. The number of aryl methyl sites for hydroxylation is 1. The molecule has 71 heavy (non-hydrogen) atoms. The third-order valence-electron chi connectivity index (χ3n) is 14.1. The normalized spacial score (nSPS) is 20.4. The Hall–Kier alpha value is -4.63. The Morgan fingerprint density at radius 1 is 0.704 bits per heavy atom.